The Bertz CT molecular complexity index is 994. The van der Waals surface area contributed by atoms with Crippen molar-refractivity contribution in [2.24, 2.45) is 5.41 Å². The Kier molecular flexibility index (Phi) is 5.91. The van der Waals surface area contributed by atoms with Crippen LogP contribution in [0.2, 0.25) is 0 Å². The van der Waals surface area contributed by atoms with E-state index in [1.54, 1.807) is 0 Å². The summed E-state index contributed by atoms with van der Waals surface area (Å²) in [4.78, 5) is 31.9. The highest BCUT2D eigenvalue weighted by molar-refractivity contribution is 6.06. The fraction of sp³-hybridized carbons (Fsp3) is 0.200. The van der Waals surface area contributed by atoms with Gasteiger partial charge < -0.3 is 5.32 Å². The summed E-state index contributed by atoms with van der Waals surface area (Å²) in [5.41, 5.74) is 5.26. The molecule has 0 radical (unpaired) electrons. The van der Waals surface area contributed by atoms with Gasteiger partial charge in [-0.05, 0) is 35.1 Å². The number of benzene rings is 3. The Morgan fingerprint density at radius 1 is 0.733 bits per heavy atom. The van der Waals surface area contributed by atoms with Crippen LogP contribution in [-0.4, -0.2) is 11.8 Å². The first-order chi connectivity index (χ1) is 14.7. The Hall–Kier alpha value is -3.44. The second kappa shape index (κ2) is 8.93. The summed E-state index contributed by atoms with van der Waals surface area (Å²) in [5, 5.41) is 2.95. The van der Waals surface area contributed by atoms with Gasteiger partial charge in [0.2, 0.25) is 5.91 Å². The van der Waals surface area contributed by atoms with Gasteiger partial charge in [-0.2, -0.15) is 0 Å². The minimum Gasteiger partial charge on any atom is -0.351 e. The zero-order chi connectivity index (χ0) is 20.8. The molecule has 30 heavy (non-hydrogen) atoms. The van der Waals surface area contributed by atoms with Crippen molar-refractivity contribution in [3.05, 3.63) is 107 Å². The Balaban J connectivity index is 1.47. The molecule has 5 heteroatoms. The third-order valence-corrected chi connectivity index (χ3v) is 5.51. The maximum atomic E-state index is 13.3. The molecule has 0 saturated heterocycles. The van der Waals surface area contributed by atoms with Crippen LogP contribution in [0.5, 0.6) is 0 Å². The highest BCUT2D eigenvalue weighted by atomic mass is 16.6. The average Bonchev–Trinajstić information content (AvgIpc) is 3.20. The van der Waals surface area contributed by atoms with E-state index in [0.717, 1.165) is 22.3 Å². The minimum atomic E-state index is -1.23. The zero-order valence-corrected chi connectivity index (χ0v) is 16.6. The lowest BCUT2D eigenvalue weighted by Crippen LogP contribution is -2.52. The van der Waals surface area contributed by atoms with Gasteiger partial charge >= 0.3 is 0 Å². The predicted molar refractivity (Wildman–Crippen MR) is 114 cm³/mol. The van der Waals surface area contributed by atoms with E-state index >= 15 is 0 Å². The lowest BCUT2D eigenvalue weighted by atomic mass is 9.82. The smallest absolute Gasteiger partial charge is 0.259 e. The van der Waals surface area contributed by atoms with Crippen molar-refractivity contribution in [3.63, 3.8) is 0 Å². The summed E-state index contributed by atoms with van der Waals surface area (Å²) >= 11 is 0. The van der Waals surface area contributed by atoms with Gasteiger partial charge in [0.05, 0.1) is 6.61 Å². The maximum absolute atomic E-state index is 13.3. The molecule has 0 bridgehead atoms. The van der Waals surface area contributed by atoms with Crippen molar-refractivity contribution >= 4 is 11.8 Å². The van der Waals surface area contributed by atoms with Crippen LogP contribution in [0.4, 0.5) is 0 Å². The van der Waals surface area contributed by atoms with E-state index in [0.29, 0.717) is 19.4 Å². The number of rotatable bonds is 7. The molecule has 4 rings (SSSR count). The summed E-state index contributed by atoms with van der Waals surface area (Å²) in [6.45, 7) is 0.608. The molecule has 0 aromatic heterocycles. The normalized spacial score (nSPS) is 14.0. The lowest BCUT2D eigenvalue weighted by molar-refractivity contribution is -0.152. The van der Waals surface area contributed by atoms with Crippen LogP contribution in [0.1, 0.15) is 22.3 Å². The van der Waals surface area contributed by atoms with E-state index in [2.05, 4.69) is 10.8 Å². The number of fused-ring (bicyclic) bond motifs is 1. The standard InChI is InChI=1S/C25H24N2O3/c28-23(26-17-19-9-3-1-4-10-19)25(15-21-13-7-8-14-22(21)16-25)24(29)27-30-18-20-11-5-2-6-12-20/h1-14H,15-18H2,(H,26,28)(H,27,29). The fourth-order valence-electron chi connectivity index (χ4n) is 3.84. The largest absolute Gasteiger partial charge is 0.351 e. The highest BCUT2D eigenvalue weighted by Crippen LogP contribution is 2.37. The second-order valence-corrected chi connectivity index (χ2v) is 7.58. The highest BCUT2D eigenvalue weighted by Gasteiger charge is 2.50. The SMILES string of the molecule is O=C(NCc1ccccc1)C1(C(=O)NOCc2ccccc2)Cc2ccccc2C1. The predicted octanol–water partition coefficient (Wildman–Crippen LogP) is 3.34. The van der Waals surface area contributed by atoms with Crippen molar-refractivity contribution in [1.82, 2.24) is 10.8 Å². The molecule has 2 amide bonds. The fourth-order valence-corrected chi connectivity index (χ4v) is 3.84. The number of nitrogens with one attached hydrogen (secondary N) is 2. The third kappa shape index (κ3) is 4.26. The topological polar surface area (TPSA) is 67.4 Å². The molecule has 1 aliphatic carbocycles. The van der Waals surface area contributed by atoms with Gasteiger partial charge in [-0.25, -0.2) is 5.48 Å². The first-order valence-corrected chi connectivity index (χ1v) is 10.0. The number of carbonyl (C=O) groups excluding carboxylic acids is 2. The van der Waals surface area contributed by atoms with Crippen molar-refractivity contribution in [3.8, 4) is 0 Å². The van der Waals surface area contributed by atoms with Crippen LogP contribution in [0.25, 0.3) is 0 Å². The second-order valence-electron chi connectivity index (χ2n) is 7.58. The third-order valence-electron chi connectivity index (χ3n) is 5.51. The van der Waals surface area contributed by atoms with Crippen molar-refractivity contribution in [1.29, 1.82) is 0 Å². The zero-order valence-electron chi connectivity index (χ0n) is 16.6. The minimum absolute atomic E-state index is 0.237. The van der Waals surface area contributed by atoms with Crippen molar-refractivity contribution < 1.29 is 14.4 Å². The summed E-state index contributed by atoms with van der Waals surface area (Å²) in [6, 6.07) is 27.0. The molecular weight excluding hydrogens is 376 g/mol. The molecule has 0 unspecified atom stereocenters. The van der Waals surface area contributed by atoms with Gasteiger partial charge in [0.25, 0.3) is 5.91 Å². The molecule has 3 aromatic rings. The molecule has 0 spiro atoms. The van der Waals surface area contributed by atoms with Crippen LogP contribution >= 0.6 is 0 Å². The Morgan fingerprint density at radius 3 is 1.87 bits per heavy atom. The van der Waals surface area contributed by atoms with E-state index in [1.807, 2.05) is 84.9 Å². The van der Waals surface area contributed by atoms with E-state index < -0.39 is 11.3 Å². The monoisotopic (exact) mass is 400 g/mol. The molecule has 0 aliphatic heterocycles. The number of hydrogen-bond acceptors (Lipinski definition) is 3. The first kappa shape index (κ1) is 19.9. The van der Waals surface area contributed by atoms with E-state index in [1.165, 1.54) is 0 Å². The van der Waals surface area contributed by atoms with Crippen LogP contribution in [0, 0.1) is 5.41 Å². The van der Waals surface area contributed by atoms with Gasteiger partial charge in [0, 0.05) is 6.54 Å². The first-order valence-electron chi connectivity index (χ1n) is 10.0. The molecule has 0 heterocycles. The van der Waals surface area contributed by atoms with Crippen molar-refractivity contribution in [2.45, 2.75) is 26.0 Å². The molecule has 2 N–H and O–H groups in total. The summed E-state index contributed by atoms with van der Waals surface area (Å²) in [5.74, 6) is -0.705. The van der Waals surface area contributed by atoms with E-state index in [9.17, 15) is 9.59 Å². The number of hydrogen-bond donors (Lipinski definition) is 2. The molecule has 1 aliphatic rings. The number of carbonyl (C=O) groups is 2. The van der Waals surface area contributed by atoms with Gasteiger partial charge in [-0.15, -0.1) is 0 Å². The molecule has 0 atom stereocenters. The van der Waals surface area contributed by atoms with E-state index in [4.69, 9.17) is 4.84 Å². The Labute approximate surface area is 176 Å². The van der Waals surface area contributed by atoms with Gasteiger partial charge in [-0.1, -0.05) is 84.9 Å². The van der Waals surface area contributed by atoms with Crippen molar-refractivity contribution in [2.75, 3.05) is 0 Å². The maximum Gasteiger partial charge on any atom is 0.259 e. The van der Waals surface area contributed by atoms with Crippen LogP contribution in [0.15, 0.2) is 84.9 Å². The molecule has 5 nitrogen and oxygen atoms in total. The quantitative estimate of drug-likeness (QED) is 0.472. The van der Waals surface area contributed by atoms with Gasteiger partial charge in [0.15, 0.2) is 0 Å². The van der Waals surface area contributed by atoms with Crippen LogP contribution in [0.3, 0.4) is 0 Å². The summed E-state index contributed by atoms with van der Waals surface area (Å²) < 4.78 is 0. The number of amides is 2. The summed E-state index contributed by atoms with van der Waals surface area (Å²) in [7, 11) is 0. The van der Waals surface area contributed by atoms with Gasteiger partial charge in [0.1, 0.15) is 5.41 Å². The van der Waals surface area contributed by atoms with E-state index in [-0.39, 0.29) is 12.5 Å². The molecule has 152 valence electrons. The Morgan fingerprint density at radius 2 is 1.27 bits per heavy atom. The summed E-state index contributed by atoms with van der Waals surface area (Å²) in [6.07, 6.45) is 0.703. The lowest BCUT2D eigenvalue weighted by Gasteiger charge is -2.26. The van der Waals surface area contributed by atoms with Crippen LogP contribution in [-0.2, 0) is 40.4 Å². The molecule has 0 fully saturated rings. The average molecular weight is 400 g/mol. The number of hydroxylamine groups is 1. The van der Waals surface area contributed by atoms with Crippen LogP contribution < -0.4 is 10.8 Å². The molecular formula is C25H24N2O3. The molecule has 3 aromatic carbocycles. The van der Waals surface area contributed by atoms with Gasteiger partial charge in [-0.3, -0.25) is 14.4 Å². The molecule has 0 saturated carbocycles.